The summed E-state index contributed by atoms with van der Waals surface area (Å²) in [6, 6.07) is 64.1. The van der Waals surface area contributed by atoms with E-state index >= 15 is 0 Å². The van der Waals surface area contributed by atoms with Gasteiger partial charge in [-0.2, -0.15) is 0 Å². The van der Waals surface area contributed by atoms with Gasteiger partial charge in [0, 0.05) is 32.6 Å². The van der Waals surface area contributed by atoms with Crippen LogP contribution in [0.25, 0.3) is 93.9 Å². The number of hydrogen-bond donors (Lipinski definition) is 0. The van der Waals surface area contributed by atoms with Crippen LogP contribution in [0.2, 0.25) is 0 Å². The molecule has 8 aromatic carbocycles. The first-order chi connectivity index (χ1) is 26.0. The lowest BCUT2D eigenvalue weighted by molar-refractivity contribution is 0.657. The van der Waals surface area contributed by atoms with Crippen LogP contribution in [-0.4, -0.2) is 4.57 Å². The van der Waals surface area contributed by atoms with Crippen LogP contribution in [0.15, 0.2) is 180 Å². The first-order valence-corrected chi connectivity index (χ1v) is 18.4. The standard InChI is InChI=1S/C51H35NO/c1-51(2)44-30-36(21-24-39(44)41-26-28-48-49(50(41)51)42-15-9-10-16-47(42)53-48)37-22-25-40-43-29-35(34-19-17-33(18-20-34)32-11-5-3-6-12-32)23-27-45(43)52(46(40)31-37)38-13-7-4-8-14-38/h3-31H,1-2H3. The van der Waals surface area contributed by atoms with Crippen molar-refractivity contribution in [3.8, 4) is 50.2 Å². The third-order valence-corrected chi connectivity index (χ3v) is 11.6. The fraction of sp³-hybridized carbons (Fsp3) is 0.0588. The molecule has 0 unspecified atom stereocenters. The van der Waals surface area contributed by atoms with Crippen molar-refractivity contribution in [2.45, 2.75) is 19.3 Å². The number of fused-ring (bicyclic) bond motifs is 10. The summed E-state index contributed by atoms with van der Waals surface area (Å²) in [4.78, 5) is 0. The van der Waals surface area contributed by atoms with Crippen LogP contribution in [0.3, 0.4) is 0 Å². The predicted octanol–water partition coefficient (Wildman–Crippen LogP) is 14.0. The Bertz CT molecular complexity index is 3050. The number of hydrogen-bond acceptors (Lipinski definition) is 1. The van der Waals surface area contributed by atoms with E-state index < -0.39 is 0 Å². The van der Waals surface area contributed by atoms with Gasteiger partial charge in [0.15, 0.2) is 0 Å². The molecule has 0 bridgehead atoms. The van der Waals surface area contributed by atoms with E-state index in [0.29, 0.717) is 0 Å². The van der Waals surface area contributed by atoms with Gasteiger partial charge in [-0.05, 0) is 104 Å². The highest BCUT2D eigenvalue weighted by molar-refractivity contribution is 6.12. The molecule has 11 rings (SSSR count). The molecule has 0 N–H and O–H groups in total. The van der Waals surface area contributed by atoms with Gasteiger partial charge >= 0.3 is 0 Å². The number of aromatic nitrogens is 1. The Labute approximate surface area is 308 Å². The molecule has 0 spiro atoms. The van der Waals surface area contributed by atoms with Gasteiger partial charge < -0.3 is 8.98 Å². The highest BCUT2D eigenvalue weighted by Crippen LogP contribution is 2.54. The fourth-order valence-electron chi connectivity index (χ4n) is 9.02. The normalized spacial score (nSPS) is 13.2. The molecule has 10 aromatic rings. The minimum atomic E-state index is -0.189. The smallest absolute Gasteiger partial charge is 0.135 e. The molecule has 0 atom stereocenters. The highest BCUT2D eigenvalue weighted by atomic mass is 16.3. The van der Waals surface area contributed by atoms with Crippen molar-refractivity contribution in [1.82, 2.24) is 4.57 Å². The van der Waals surface area contributed by atoms with Gasteiger partial charge in [-0.1, -0.05) is 141 Å². The minimum Gasteiger partial charge on any atom is -0.456 e. The molecule has 250 valence electrons. The van der Waals surface area contributed by atoms with Gasteiger partial charge in [-0.25, -0.2) is 0 Å². The maximum Gasteiger partial charge on any atom is 0.135 e. The second kappa shape index (κ2) is 11.2. The van der Waals surface area contributed by atoms with Crippen molar-refractivity contribution in [2.24, 2.45) is 0 Å². The first-order valence-electron chi connectivity index (χ1n) is 18.4. The van der Waals surface area contributed by atoms with E-state index in [9.17, 15) is 0 Å². The fourth-order valence-corrected chi connectivity index (χ4v) is 9.02. The molecule has 0 fully saturated rings. The van der Waals surface area contributed by atoms with Crippen LogP contribution in [0, 0.1) is 0 Å². The lowest BCUT2D eigenvalue weighted by Crippen LogP contribution is -2.15. The molecule has 2 aromatic heterocycles. The summed E-state index contributed by atoms with van der Waals surface area (Å²) in [5.41, 5.74) is 17.9. The van der Waals surface area contributed by atoms with Crippen LogP contribution < -0.4 is 0 Å². The summed E-state index contributed by atoms with van der Waals surface area (Å²) in [5, 5.41) is 4.92. The SMILES string of the molecule is CC1(C)c2cc(-c3ccc4c5cc(-c6ccc(-c7ccccc7)cc6)ccc5n(-c5ccccc5)c4c3)ccc2-c2ccc3oc4ccccc4c3c21. The van der Waals surface area contributed by atoms with Crippen molar-refractivity contribution < 1.29 is 4.42 Å². The Balaban J connectivity index is 1.05. The van der Waals surface area contributed by atoms with Gasteiger partial charge in [0.25, 0.3) is 0 Å². The Hall–Kier alpha value is -6.64. The summed E-state index contributed by atoms with van der Waals surface area (Å²) in [5.74, 6) is 0. The third kappa shape index (κ3) is 4.45. The second-order valence-corrected chi connectivity index (χ2v) is 14.9. The zero-order valence-corrected chi connectivity index (χ0v) is 29.6. The maximum atomic E-state index is 6.33. The molecule has 2 nitrogen and oxygen atoms in total. The lowest BCUT2D eigenvalue weighted by atomic mass is 9.80. The predicted molar refractivity (Wildman–Crippen MR) is 222 cm³/mol. The Kier molecular flexibility index (Phi) is 6.33. The van der Waals surface area contributed by atoms with E-state index in [1.165, 1.54) is 88.2 Å². The van der Waals surface area contributed by atoms with E-state index in [1.807, 2.05) is 0 Å². The summed E-state index contributed by atoms with van der Waals surface area (Å²) < 4.78 is 8.75. The zero-order chi connectivity index (χ0) is 35.3. The summed E-state index contributed by atoms with van der Waals surface area (Å²) in [7, 11) is 0. The maximum absolute atomic E-state index is 6.33. The van der Waals surface area contributed by atoms with Crippen molar-refractivity contribution in [1.29, 1.82) is 0 Å². The van der Waals surface area contributed by atoms with Crippen LogP contribution >= 0.6 is 0 Å². The number of nitrogens with zero attached hydrogens (tertiary/aromatic N) is 1. The van der Waals surface area contributed by atoms with Crippen molar-refractivity contribution in [2.75, 3.05) is 0 Å². The van der Waals surface area contributed by atoms with E-state index in [-0.39, 0.29) is 5.41 Å². The zero-order valence-electron chi connectivity index (χ0n) is 29.6. The Morgan fingerprint density at radius 2 is 1.02 bits per heavy atom. The van der Waals surface area contributed by atoms with Gasteiger partial charge in [0.2, 0.25) is 0 Å². The molecular weight excluding hydrogens is 643 g/mol. The van der Waals surface area contributed by atoms with E-state index in [4.69, 9.17) is 4.42 Å². The first kappa shape index (κ1) is 30.0. The van der Waals surface area contributed by atoms with E-state index in [2.05, 4.69) is 194 Å². The number of furan rings is 1. The number of rotatable bonds is 4. The summed E-state index contributed by atoms with van der Waals surface area (Å²) in [6.07, 6.45) is 0. The number of benzene rings is 8. The molecule has 0 aliphatic heterocycles. The summed E-state index contributed by atoms with van der Waals surface area (Å²) in [6.45, 7) is 4.73. The molecule has 53 heavy (non-hydrogen) atoms. The van der Waals surface area contributed by atoms with E-state index in [0.717, 1.165) is 16.9 Å². The third-order valence-electron chi connectivity index (χ3n) is 11.6. The van der Waals surface area contributed by atoms with Gasteiger partial charge in [-0.3, -0.25) is 0 Å². The topological polar surface area (TPSA) is 18.1 Å². The molecule has 1 aliphatic carbocycles. The highest BCUT2D eigenvalue weighted by Gasteiger charge is 2.38. The Morgan fingerprint density at radius 3 is 1.83 bits per heavy atom. The van der Waals surface area contributed by atoms with Gasteiger partial charge in [-0.15, -0.1) is 0 Å². The summed E-state index contributed by atoms with van der Waals surface area (Å²) >= 11 is 0. The molecule has 2 heteroatoms. The average Bonchev–Trinajstić information content (AvgIpc) is 3.83. The molecule has 0 amide bonds. The van der Waals surface area contributed by atoms with Crippen molar-refractivity contribution in [3.05, 3.63) is 187 Å². The van der Waals surface area contributed by atoms with Gasteiger partial charge in [0.1, 0.15) is 11.2 Å². The van der Waals surface area contributed by atoms with Crippen LogP contribution in [-0.2, 0) is 5.41 Å². The molecule has 0 saturated heterocycles. The second-order valence-electron chi connectivity index (χ2n) is 14.9. The Morgan fingerprint density at radius 1 is 0.415 bits per heavy atom. The molecular formula is C51H35NO. The monoisotopic (exact) mass is 677 g/mol. The largest absolute Gasteiger partial charge is 0.456 e. The van der Waals surface area contributed by atoms with E-state index in [1.54, 1.807) is 0 Å². The average molecular weight is 678 g/mol. The molecule has 1 aliphatic rings. The quantitative estimate of drug-likeness (QED) is 0.181. The van der Waals surface area contributed by atoms with Crippen molar-refractivity contribution in [3.63, 3.8) is 0 Å². The van der Waals surface area contributed by atoms with Crippen LogP contribution in [0.5, 0.6) is 0 Å². The lowest BCUT2D eigenvalue weighted by Gasteiger charge is -2.23. The van der Waals surface area contributed by atoms with Crippen molar-refractivity contribution >= 4 is 43.7 Å². The van der Waals surface area contributed by atoms with Gasteiger partial charge in [0.05, 0.1) is 11.0 Å². The molecule has 0 saturated carbocycles. The molecule has 2 heterocycles. The van der Waals surface area contributed by atoms with Crippen LogP contribution in [0.4, 0.5) is 0 Å². The molecule has 0 radical (unpaired) electrons. The number of para-hydroxylation sites is 2. The van der Waals surface area contributed by atoms with Crippen LogP contribution in [0.1, 0.15) is 25.0 Å². The minimum absolute atomic E-state index is 0.189.